The number of carbonyl (C=O) groups excluding carboxylic acids is 1. The number of nitrogens with one attached hydrogen (secondary N) is 1. The zero-order chi connectivity index (χ0) is 13.0. The van der Waals surface area contributed by atoms with E-state index in [9.17, 15) is 4.79 Å². The Bertz CT molecular complexity index is 419. The molecule has 1 aromatic rings. The standard InChI is InChI=1S/C13H17BrN2O2/c1-16(8-10-6-7-18-9-10)13(17)15-12-5-3-2-4-11(12)14/h2-5,10H,6-9H2,1H3,(H,15,17). The highest BCUT2D eigenvalue weighted by molar-refractivity contribution is 9.10. The maximum Gasteiger partial charge on any atom is 0.321 e. The van der Waals surface area contributed by atoms with Crippen molar-refractivity contribution in [3.63, 3.8) is 0 Å². The average Bonchev–Trinajstić information content (AvgIpc) is 2.84. The van der Waals surface area contributed by atoms with Crippen molar-refractivity contribution >= 4 is 27.6 Å². The van der Waals surface area contributed by atoms with Crippen LogP contribution in [0.25, 0.3) is 0 Å². The molecule has 1 saturated heterocycles. The van der Waals surface area contributed by atoms with Gasteiger partial charge in [0.1, 0.15) is 0 Å². The summed E-state index contributed by atoms with van der Waals surface area (Å²) in [5.41, 5.74) is 0.789. The molecule has 1 fully saturated rings. The number of para-hydroxylation sites is 1. The topological polar surface area (TPSA) is 41.6 Å². The third-order valence-corrected chi connectivity index (χ3v) is 3.71. The first-order valence-electron chi connectivity index (χ1n) is 6.01. The van der Waals surface area contributed by atoms with Crippen LogP contribution in [-0.2, 0) is 4.74 Å². The lowest BCUT2D eigenvalue weighted by Crippen LogP contribution is -2.35. The Labute approximate surface area is 115 Å². The smallest absolute Gasteiger partial charge is 0.321 e. The molecule has 1 aliphatic rings. The van der Waals surface area contributed by atoms with Gasteiger partial charge >= 0.3 is 6.03 Å². The molecule has 1 aromatic carbocycles. The Morgan fingerprint density at radius 1 is 1.56 bits per heavy atom. The highest BCUT2D eigenvalue weighted by Gasteiger charge is 2.20. The van der Waals surface area contributed by atoms with Crippen molar-refractivity contribution < 1.29 is 9.53 Å². The summed E-state index contributed by atoms with van der Waals surface area (Å²) in [6.45, 7) is 2.30. The molecule has 0 aliphatic carbocycles. The van der Waals surface area contributed by atoms with Crippen LogP contribution in [0.3, 0.4) is 0 Å². The van der Waals surface area contributed by atoms with Gasteiger partial charge in [0.05, 0.1) is 12.3 Å². The molecule has 2 rings (SSSR count). The summed E-state index contributed by atoms with van der Waals surface area (Å²) in [5, 5.41) is 2.88. The molecule has 1 heterocycles. The molecule has 0 radical (unpaired) electrons. The van der Waals surface area contributed by atoms with Gasteiger partial charge in [0.15, 0.2) is 0 Å². The molecule has 0 aromatic heterocycles. The van der Waals surface area contributed by atoms with E-state index in [1.54, 1.807) is 4.90 Å². The van der Waals surface area contributed by atoms with Gasteiger partial charge in [-0.1, -0.05) is 12.1 Å². The molecule has 1 unspecified atom stereocenters. The Morgan fingerprint density at radius 3 is 3.00 bits per heavy atom. The number of anilines is 1. The largest absolute Gasteiger partial charge is 0.381 e. The van der Waals surface area contributed by atoms with Gasteiger partial charge in [-0.3, -0.25) is 0 Å². The van der Waals surface area contributed by atoms with Crippen LogP contribution in [-0.4, -0.2) is 37.7 Å². The number of carbonyl (C=O) groups is 1. The Balaban J connectivity index is 1.89. The van der Waals surface area contributed by atoms with Gasteiger partial charge in [0, 0.05) is 30.6 Å². The van der Waals surface area contributed by atoms with Crippen LogP contribution in [0.4, 0.5) is 10.5 Å². The summed E-state index contributed by atoms with van der Waals surface area (Å²) in [6.07, 6.45) is 1.03. The predicted molar refractivity (Wildman–Crippen MR) is 74.7 cm³/mol. The summed E-state index contributed by atoms with van der Waals surface area (Å²) in [5.74, 6) is 0.458. The SMILES string of the molecule is CN(CC1CCOC1)C(=O)Nc1ccccc1Br. The van der Waals surface area contributed by atoms with Crippen molar-refractivity contribution in [1.82, 2.24) is 4.90 Å². The molecule has 0 spiro atoms. The van der Waals surface area contributed by atoms with E-state index in [0.29, 0.717) is 5.92 Å². The molecular weight excluding hydrogens is 296 g/mol. The summed E-state index contributed by atoms with van der Waals surface area (Å²) in [6, 6.07) is 7.49. The first-order chi connectivity index (χ1) is 8.66. The number of rotatable bonds is 3. The summed E-state index contributed by atoms with van der Waals surface area (Å²) >= 11 is 3.41. The van der Waals surface area contributed by atoms with Crippen LogP contribution >= 0.6 is 15.9 Å². The van der Waals surface area contributed by atoms with Crippen molar-refractivity contribution in [1.29, 1.82) is 0 Å². The third kappa shape index (κ3) is 3.46. The molecule has 4 nitrogen and oxygen atoms in total. The molecule has 98 valence electrons. The lowest BCUT2D eigenvalue weighted by atomic mass is 10.1. The van der Waals surface area contributed by atoms with Crippen molar-refractivity contribution in [3.05, 3.63) is 28.7 Å². The molecular formula is C13H17BrN2O2. The quantitative estimate of drug-likeness (QED) is 0.932. The van der Waals surface area contributed by atoms with Crippen molar-refractivity contribution in [2.24, 2.45) is 5.92 Å². The lowest BCUT2D eigenvalue weighted by molar-refractivity contribution is 0.175. The Hall–Kier alpha value is -1.07. The number of hydrogen-bond acceptors (Lipinski definition) is 2. The van der Waals surface area contributed by atoms with Gasteiger partial charge in [-0.25, -0.2) is 4.79 Å². The second kappa shape index (κ2) is 6.20. The summed E-state index contributed by atoms with van der Waals surface area (Å²) in [7, 11) is 1.81. The number of nitrogens with zero attached hydrogens (tertiary/aromatic N) is 1. The van der Waals surface area contributed by atoms with Gasteiger partial charge in [0.25, 0.3) is 0 Å². The molecule has 0 saturated carbocycles. The molecule has 2 amide bonds. The molecule has 0 bridgehead atoms. The van der Waals surface area contributed by atoms with Crippen LogP contribution in [0.5, 0.6) is 0 Å². The van der Waals surface area contributed by atoms with Crippen molar-refractivity contribution in [2.75, 3.05) is 32.1 Å². The van der Waals surface area contributed by atoms with Crippen molar-refractivity contribution in [3.8, 4) is 0 Å². The number of benzene rings is 1. The molecule has 1 atom stereocenters. The normalized spacial score (nSPS) is 18.7. The van der Waals surface area contributed by atoms with E-state index in [-0.39, 0.29) is 6.03 Å². The lowest BCUT2D eigenvalue weighted by Gasteiger charge is -2.21. The van der Waals surface area contributed by atoms with Gasteiger partial charge in [-0.2, -0.15) is 0 Å². The molecule has 5 heteroatoms. The summed E-state index contributed by atoms with van der Waals surface area (Å²) in [4.78, 5) is 13.7. The highest BCUT2D eigenvalue weighted by Crippen LogP contribution is 2.21. The van der Waals surface area contributed by atoms with Crippen LogP contribution in [0.2, 0.25) is 0 Å². The van der Waals surface area contributed by atoms with Crippen LogP contribution in [0.1, 0.15) is 6.42 Å². The second-order valence-electron chi connectivity index (χ2n) is 4.52. The van der Waals surface area contributed by atoms with Crippen LogP contribution in [0, 0.1) is 5.92 Å². The van der Waals surface area contributed by atoms with Crippen LogP contribution in [0.15, 0.2) is 28.7 Å². The average molecular weight is 313 g/mol. The van der Waals surface area contributed by atoms with E-state index in [1.807, 2.05) is 31.3 Å². The van der Waals surface area contributed by atoms with E-state index >= 15 is 0 Å². The maximum absolute atomic E-state index is 12.0. The highest BCUT2D eigenvalue weighted by atomic mass is 79.9. The molecule has 1 N–H and O–H groups in total. The minimum absolute atomic E-state index is 0.0891. The predicted octanol–water partition coefficient (Wildman–Crippen LogP) is 2.95. The maximum atomic E-state index is 12.0. The second-order valence-corrected chi connectivity index (χ2v) is 5.37. The van der Waals surface area contributed by atoms with Gasteiger partial charge in [-0.15, -0.1) is 0 Å². The van der Waals surface area contributed by atoms with E-state index in [1.165, 1.54) is 0 Å². The zero-order valence-electron chi connectivity index (χ0n) is 10.4. The monoisotopic (exact) mass is 312 g/mol. The van der Waals surface area contributed by atoms with E-state index in [0.717, 1.165) is 36.3 Å². The van der Waals surface area contributed by atoms with Gasteiger partial charge < -0.3 is 15.0 Å². The first-order valence-corrected chi connectivity index (χ1v) is 6.80. The minimum Gasteiger partial charge on any atom is -0.381 e. The minimum atomic E-state index is -0.0891. The number of urea groups is 1. The number of amides is 2. The van der Waals surface area contributed by atoms with E-state index in [4.69, 9.17) is 4.74 Å². The Morgan fingerprint density at radius 2 is 2.33 bits per heavy atom. The summed E-state index contributed by atoms with van der Waals surface area (Å²) < 4.78 is 6.19. The third-order valence-electron chi connectivity index (χ3n) is 3.02. The number of halogens is 1. The Kier molecular flexibility index (Phi) is 4.60. The molecule has 18 heavy (non-hydrogen) atoms. The van der Waals surface area contributed by atoms with E-state index < -0.39 is 0 Å². The van der Waals surface area contributed by atoms with Crippen molar-refractivity contribution in [2.45, 2.75) is 6.42 Å². The zero-order valence-corrected chi connectivity index (χ0v) is 11.9. The van der Waals surface area contributed by atoms with Gasteiger partial charge in [-0.05, 0) is 34.5 Å². The fourth-order valence-electron chi connectivity index (χ4n) is 1.97. The first kappa shape index (κ1) is 13.4. The van der Waals surface area contributed by atoms with Gasteiger partial charge in [0.2, 0.25) is 0 Å². The number of hydrogen-bond donors (Lipinski definition) is 1. The molecule has 1 aliphatic heterocycles. The van der Waals surface area contributed by atoms with Crippen LogP contribution < -0.4 is 5.32 Å². The fourth-order valence-corrected chi connectivity index (χ4v) is 2.35. The fraction of sp³-hybridized carbons (Fsp3) is 0.462. The van der Waals surface area contributed by atoms with E-state index in [2.05, 4.69) is 21.2 Å². The number of ether oxygens (including phenoxy) is 1.